The highest BCUT2D eigenvalue weighted by molar-refractivity contribution is 5.75. The molecule has 0 spiro atoms. The molecule has 2 unspecified atom stereocenters. The predicted octanol–water partition coefficient (Wildman–Crippen LogP) is 2.74. The Morgan fingerprint density at radius 1 is 1.45 bits per heavy atom. The molecular formula is C16H23NO3. The lowest BCUT2D eigenvalue weighted by Gasteiger charge is -2.24. The third kappa shape index (κ3) is 3.31. The van der Waals surface area contributed by atoms with Gasteiger partial charge in [-0.25, -0.2) is 4.79 Å². The highest BCUT2D eigenvalue weighted by Crippen LogP contribution is 2.31. The highest BCUT2D eigenvalue weighted by Gasteiger charge is 2.22. The third-order valence-corrected chi connectivity index (χ3v) is 3.68. The Bertz CT molecular complexity index is 473. The van der Waals surface area contributed by atoms with Gasteiger partial charge in [0.15, 0.2) is 6.10 Å². The summed E-state index contributed by atoms with van der Waals surface area (Å²) < 4.78 is 10.8. The molecular weight excluding hydrogens is 254 g/mol. The van der Waals surface area contributed by atoms with E-state index in [1.807, 2.05) is 19.1 Å². The molecule has 4 nitrogen and oxygen atoms in total. The number of carbonyl (C=O) groups is 1. The number of hydrogen-bond acceptors (Lipinski definition) is 4. The predicted molar refractivity (Wildman–Crippen MR) is 77.6 cm³/mol. The lowest BCUT2D eigenvalue weighted by molar-refractivity contribution is -0.151. The smallest absolute Gasteiger partial charge is 0.347 e. The molecule has 0 radical (unpaired) electrons. The standard InChI is InChI=1S/C16H23NO3/c1-3-15(16(18)19-4-2)20-12-9-8-11-6-5-7-14(17)13(11)10-12/h8-10,14-15H,3-7,17H2,1-2H3. The van der Waals surface area contributed by atoms with Crippen LogP contribution in [0.1, 0.15) is 50.3 Å². The topological polar surface area (TPSA) is 61.5 Å². The molecule has 4 heteroatoms. The molecule has 2 rings (SSSR count). The van der Waals surface area contributed by atoms with E-state index in [4.69, 9.17) is 15.2 Å². The van der Waals surface area contributed by atoms with Crippen LogP contribution in [-0.4, -0.2) is 18.7 Å². The monoisotopic (exact) mass is 277 g/mol. The van der Waals surface area contributed by atoms with Crippen LogP contribution in [0, 0.1) is 0 Å². The van der Waals surface area contributed by atoms with Crippen LogP contribution >= 0.6 is 0 Å². The molecule has 0 saturated heterocycles. The Morgan fingerprint density at radius 2 is 2.25 bits per heavy atom. The summed E-state index contributed by atoms with van der Waals surface area (Å²) in [6.45, 7) is 4.07. The summed E-state index contributed by atoms with van der Waals surface area (Å²) in [7, 11) is 0. The number of nitrogens with two attached hydrogens (primary N) is 1. The largest absolute Gasteiger partial charge is 0.479 e. The van der Waals surface area contributed by atoms with Crippen LogP contribution in [0.25, 0.3) is 0 Å². The SMILES string of the molecule is CCOC(=O)C(CC)Oc1ccc2c(c1)C(N)CCC2. The second-order valence-electron chi connectivity index (χ2n) is 5.13. The van der Waals surface area contributed by atoms with E-state index in [1.165, 1.54) is 5.56 Å². The second kappa shape index (κ2) is 6.75. The van der Waals surface area contributed by atoms with Crippen LogP contribution in [0.5, 0.6) is 5.75 Å². The van der Waals surface area contributed by atoms with Gasteiger partial charge in [0.1, 0.15) is 5.75 Å². The van der Waals surface area contributed by atoms with Crippen molar-refractivity contribution in [1.29, 1.82) is 0 Å². The zero-order valence-electron chi connectivity index (χ0n) is 12.2. The van der Waals surface area contributed by atoms with Gasteiger partial charge >= 0.3 is 5.97 Å². The molecule has 0 aromatic heterocycles. The Kier molecular flexibility index (Phi) is 5.01. The fourth-order valence-corrected chi connectivity index (χ4v) is 2.58. The molecule has 1 aliphatic carbocycles. The summed E-state index contributed by atoms with van der Waals surface area (Å²) in [5.74, 6) is 0.387. The van der Waals surface area contributed by atoms with Gasteiger partial charge in [-0.3, -0.25) is 0 Å². The maximum Gasteiger partial charge on any atom is 0.347 e. The van der Waals surface area contributed by atoms with Crippen LogP contribution in [-0.2, 0) is 16.0 Å². The number of hydrogen-bond donors (Lipinski definition) is 1. The lowest BCUT2D eigenvalue weighted by Crippen LogP contribution is -2.29. The van der Waals surface area contributed by atoms with E-state index in [2.05, 4.69) is 6.07 Å². The number of aryl methyl sites for hydroxylation is 1. The normalized spacial score (nSPS) is 19.1. The first-order valence-corrected chi connectivity index (χ1v) is 7.37. The molecule has 0 saturated carbocycles. The summed E-state index contributed by atoms with van der Waals surface area (Å²) in [6, 6.07) is 6.02. The van der Waals surface area contributed by atoms with Crippen molar-refractivity contribution in [3.63, 3.8) is 0 Å². The van der Waals surface area contributed by atoms with Gasteiger partial charge < -0.3 is 15.2 Å². The number of fused-ring (bicyclic) bond motifs is 1. The van der Waals surface area contributed by atoms with Crippen molar-refractivity contribution in [3.8, 4) is 5.75 Å². The molecule has 20 heavy (non-hydrogen) atoms. The zero-order chi connectivity index (χ0) is 14.5. The van der Waals surface area contributed by atoms with Gasteiger partial charge in [-0.1, -0.05) is 13.0 Å². The first kappa shape index (κ1) is 14.9. The molecule has 110 valence electrons. The van der Waals surface area contributed by atoms with Gasteiger partial charge in [0.2, 0.25) is 0 Å². The van der Waals surface area contributed by atoms with Crippen molar-refractivity contribution in [2.24, 2.45) is 5.73 Å². The van der Waals surface area contributed by atoms with E-state index in [0.29, 0.717) is 18.8 Å². The molecule has 0 heterocycles. The fraction of sp³-hybridized carbons (Fsp3) is 0.562. The van der Waals surface area contributed by atoms with Crippen LogP contribution < -0.4 is 10.5 Å². The summed E-state index contributed by atoms with van der Waals surface area (Å²) in [5, 5.41) is 0. The third-order valence-electron chi connectivity index (χ3n) is 3.68. The maximum atomic E-state index is 11.8. The Labute approximate surface area is 120 Å². The van der Waals surface area contributed by atoms with Crippen molar-refractivity contribution in [1.82, 2.24) is 0 Å². The van der Waals surface area contributed by atoms with Gasteiger partial charge in [0.25, 0.3) is 0 Å². The van der Waals surface area contributed by atoms with E-state index in [0.717, 1.165) is 24.8 Å². The van der Waals surface area contributed by atoms with Gasteiger partial charge in [0.05, 0.1) is 6.61 Å². The zero-order valence-corrected chi connectivity index (χ0v) is 12.2. The van der Waals surface area contributed by atoms with E-state index in [1.54, 1.807) is 6.92 Å². The first-order valence-electron chi connectivity index (χ1n) is 7.37. The molecule has 1 aromatic carbocycles. The van der Waals surface area contributed by atoms with Crippen LogP contribution in [0.2, 0.25) is 0 Å². The van der Waals surface area contributed by atoms with E-state index < -0.39 is 6.10 Å². The summed E-state index contributed by atoms with van der Waals surface area (Å²) >= 11 is 0. The second-order valence-corrected chi connectivity index (χ2v) is 5.13. The molecule has 1 aliphatic rings. The van der Waals surface area contributed by atoms with Gasteiger partial charge in [0, 0.05) is 6.04 Å². The van der Waals surface area contributed by atoms with Crippen molar-refractivity contribution in [3.05, 3.63) is 29.3 Å². The molecule has 2 atom stereocenters. The van der Waals surface area contributed by atoms with Gasteiger partial charge in [-0.15, -0.1) is 0 Å². The highest BCUT2D eigenvalue weighted by atomic mass is 16.6. The van der Waals surface area contributed by atoms with Crippen molar-refractivity contribution in [2.75, 3.05) is 6.61 Å². The summed E-state index contributed by atoms with van der Waals surface area (Å²) in [4.78, 5) is 11.8. The molecule has 2 N–H and O–H groups in total. The Morgan fingerprint density at radius 3 is 2.95 bits per heavy atom. The lowest BCUT2D eigenvalue weighted by atomic mass is 9.88. The molecule has 0 fully saturated rings. The van der Waals surface area contributed by atoms with Crippen molar-refractivity contribution in [2.45, 2.75) is 51.7 Å². The average Bonchev–Trinajstić information content (AvgIpc) is 2.45. The quantitative estimate of drug-likeness (QED) is 0.841. The number of carbonyl (C=O) groups excluding carboxylic acids is 1. The minimum Gasteiger partial charge on any atom is -0.479 e. The number of esters is 1. The minimum atomic E-state index is -0.548. The van der Waals surface area contributed by atoms with Crippen molar-refractivity contribution >= 4 is 5.97 Å². The first-order chi connectivity index (χ1) is 9.65. The van der Waals surface area contributed by atoms with Crippen LogP contribution in [0.4, 0.5) is 0 Å². The van der Waals surface area contributed by atoms with E-state index in [9.17, 15) is 4.79 Å². The molecule has 0 amide bonds. The van der Waals surface area contributed by atoms with Crippen LogP contribution in [0.15, 0.2) is 18.2 Å². The van der Waals surface area contributed by atoms with Crippen molar-refractivity contribution < 1.29 is 14.3 Å². The van der Waals surface area contributed by atoms with E-state index >= 15 is 0 Å². The Balaban J connectivity index is 2.13. The number of benzene rings is 1. The number of rotatable bonds is 5. The fourth-order valence-electron chi connectivity index (χ4n) is 2.58. The average molecular weight is 277 g/mol. The number of ether oxygens (including phenoxy) is 2. The van der Waals surface area contributed by atoms with E-state index in [-0.39, 0.29) is 12.0 Å². The molecule has 0 aliphatic heterocycles. The minimum absolute atomic E-state index is 0.0740. The molecule has 1 aromatic rings. The molecule has 0 bridgehead atoms. The Hall–Kier alpha value is -1.55. The van der Waals surface area contributed by atoms with Gasteiger partial charge in [-0.2, -0.15) is 0 Å². The summed E-state index contributed by atoms with van der Waals surface area (Å²) in [5.41, 5.74) is 8.58. The maximum absolute atomic E-state index is 11.8. The van der Waals surface area contributed by atoms with Crippen LogP contribution in [0.3, 0.4) is 0 Å². The summed E-state index contributed by atoms with van der Waals surface area (Å²) in [6.07, 6.45) is 3.24. The van der Waals surface area contributed by atoms with Gasteiger partial charge in [-0.05, 0) is 55.9 Å².